The summed E-state index contributed by atoms with van der Waals surface area (Å²) in [7, 11) is 3.11. The molecule has 7 heteroatoms. The molecule has 0 radical (unpaired) electrons. The van der Waals surface area contributed by atoms with Crippen LogP contribution in [0, 0.1) is 5.41 Å². The molecule has 1 aliphatic carbocycles. The lowest BCUT2D eigenvalue weighted by Crippen LogP contribution is -2.53. The van der Waals surface area contributed by atoms with Crippen molar-refractivity contribution in [2.24, 2.45) is 5.41 Å². The van der Waals surface area contributed by atoms with E-state index in [0.29, 0.717) is 11.5 Å². The smallest absolute Gasteiger partial charge is 0.326 e. The molecule has 1 saturated carbocycles. The number of aliphatic hydroxyl groups is 1. The largest absolute Gasteiger partial charge is 0.493 e. The standard InChI is InChI=1S/C31H34O7/c1-5-37-28(33)30(29(34)38-6-2)20-24(21-17-18-25(35-3)26(19-21)36-4)31(27(30)32,22-13-9-7-10-14-22)23-15-11-8-12-16-23/h7-19,24,27,32H,5-6,20H2,1-4H3/t24-,27+/m0/s1. The summed E-state index contributed by atoms with van der Waals surface area (Å²) in [6.07, 6.45) is -1.54. The fourth-order valence-corrected chi connectivity index (χ4v) is 5.93. The summed E-state index contributed by atoms with van der Waals surface area (Å²) in [5.74, 6) is -1.10. The topological polar surface area (TPSA) is 91.3 Å². The van der Waals surface area contributed by atoms with Crippen molar-refractivity contribution in [1.29, 1.82) is 0 Å². The number of aliphatic hydroxyl groups excluding tert-OH is 1. The first kappa shape index (κ1) is 27.2. The zero-order valence-corrected chi connectivity index (χ0v) is 22.2. The van der Waals surface area contributed by atoms with Crippen molar-refractivity contribution in [2.45, 2.75) is 37.7 Å². The Labute approximate surface area is 223 Å². The van der Waals surface area contributed by atoms with Crippen LogP contribution in [0.3, 0.4) is 0 Å². The third kappa shape index (κ3) is 4.21. The fraction of sp³-hybridized carbons (Fsp3) is 0.355. The summed E-state index contributed by atoms with van der Waals surface area (Å²) < 4.78 is 22.0. The van der Waals surface area contributed by atoms with E-state index in [1.54, 1.807) is 34.1 Å². The summed E-state index contributed by atoms with van der Waals surface area (Å²) >= 11 is 0. The Balaban J connectivity index is 2.10. The number of methoxy groups -OCH3 is 2. The number of carbonyl (C=O) groups is 2. The van der Waals surface area contributed by atoms with Gasteiger partial charge < -0.3 is 24.1 Å². The molecule has 4 rings (SSSR count). The predicted molar refractivity (Wildman–Crippen MR) is 142 cm³/mol. The molecule has 0 bridgehead atoms. The van der Waals surface area contributed by atoms with Gasteiger partial charge in [-0.25, -0.2) is 0 Å². The molecule has 0 aliphatic heterocycles. The lowest BCUT2D eigenvalue weighted by molar-refractivity contribution is -0.180. The van der Waals surface area contributed by atoms with Crippen molar-refractivity contribution >= 4 is 11.9 Å². The zero-order valence-electron chi connectivity index (χ0n) is 22.2. The van der Waals surface area contributed by atoms with E-state index < -0.39 is 34.8 Å². The molecule has 1 N–H and O–H groups in total. The molecule has 0 heterocycles. The van der Waals surface area contributed by atoms with Gasteiger partial charge in [-0.2, -0.15) is 0 Å². The van der Waals surface area contributed by atoms with Crippen LogP contribution in [0.25, 0.3) is 0 Å². The number of hydrogen-bond acceptors (Lipinski definition) is 7. The lowest BCUT2D eigenvalue weighted by atomic mass is 9.63. The van der Waals surface area contributed by atoms with Crippen molar-refractivity contribution in [3.05, 3.63) is 95.6 Å². The van der Waals surface area contributed by atoms with Gasteiger partial charge >= 0.3 is 11.9 Å². The second-order valence-corrected chi connectivity index (χ2v) is 9.29. The fourth-order valence-electron chi connectivity index (χ4n) is 5.93. The van der Waals surface area contributed by atoms with Gasteiger partial charge in [-0.3, -0.25) is 9.59 Å². The second kappa shape index (κ2) is 11.3. The van der Waals surface area contributed by atoms with Crippen molar-refractivity contribution < 1.29 is 33.6 Å². The number of hydrogen-bond donors (Lipinski definition) is 1. The molecule has 7 nitrogen and oxygen atoms in total. The Kier molecular flexibility index (Phi) is 8.07. The summed E-state index contributed by atoms with van der Waals surface area (Å²) in [5.41, 5.74) is -0.884. The van der Waals surface area contributed by atoms with E-state index in [1.165, 1.54) is 0 Å². The number of benzene rings is 3. The van der Waals surface area contributed by atoms with Crippen molar-refractivity contribution in [2.75, 3.05) is 27.4 Å². The van der Waals surface area contributed by atoms with Gasteiger partial charge in [-0.15, -0.1) is 0 Å². The molecule has 2 atom stereocenters. The number of esters is 2. The van der Waals surface area contributed by atoms with Crippen LogP contribution in [0.4, 0.5) is 0 Å². The van der Waals surface area contributed by atoms with Crippen LogP contribution in [0.1, 0.15) is 42.9 Å². The molecule has 0 spiro atoms. The first-order valence-corrected chi connectivity index (χ1v) is 12.8. The van der Waals surface area contributed by atoms with E-state index in [1.807, 2.05) is 72.8 Å². The highest BCUT2D eigenvalue weighted by Crippen LogP contribution is 2.63. The molecule has 3 aromatic carbocycles. The maximum atomic E-state index is 13.7. The zero-order chi connectivity index (χ0) is 27.3. The maximum Gasteiger partial charge on any atom is 0.326 e. The van der Waals surface area contributed by atoms with Crippen molar-refractivity contribution in [3.8, 4) is 11.5 Å². The third-order valence-electron chi connectivity index (χ3n) is 7.57. The quantitative estimate of drug-likeness (QED) is 0.326. The predicted octanol–water partition coefficient (Wildman–Crippen LogP) is 4.65. The van der Waals surface area contributed by atoms with Gasteiger partial charge in [0.25, 0.3) is 0 Å². The number of rotatable bonds is 9. The van der Waals surface area contributed by atoms with E-state index in [4.69, 9.17) is 18.9 Å². The van der Waals surface area contributed by atoms with Gasteiger partial charge in [-0.05, 0) is 49.1 Å². The SMILES string of the molecule is CCOC(=O)C1(C(=O)OCC)C[C@@H](c2ccc(OC)c(OC)c2)C(c2ccccc2)(c2ccccc2)[C@@H]1O. The van der Waals surface area contributed by atoms with Crippen LogP contribution < -0.4 is 9.47 Å². The van der Waals surface area contributed by atoms with E-state index in [9.17, 15) is 14.7 Å². The van der Waals surface area contributed by atoms with Crippen LogP contribution in [0.2, 0.25) is 0 Å². The van der Waals surface area contributed by atoms with E-state index in [2.05, 4.69) is 0 Å². The molecule has 200 valence electrons. The molecule has 1 aliphatic rings. The van der Waals surface area contributed by atoms with Crippen molar-refractivity contribution in [3.63, 3.8) is 0 Å². The minimum absolute atomic E-state index is 0.0366. The lowest BCUT2D eigenvalue weighted by Gasteiger charge is -2.41. The Morgan fingerprint density at radius 2 is 1.29 bits per heavy atom. The molecule has 0 aromatic heterocycles. The van der Waals surface area contributed by atoms with Gasteiger partial charge in [0.2, 0.25) is 0 Å². The Bertz CT molecular complexity index is 1200. The minimum Gasteiger partial charge on any atom is -0.493 e. The first-order valence-electron chi connectivity index (χ1n) is 12.8. The van der Waals surface area contributed by atoms with Crippen molar-refractivity contribution in [1.82, 2.24) is 0 Å². The average Bonchev–Trinajstić information content (AvgIpc) is 3.24. The minimum atomic E-state index is -1.96. The van der Waals surface area contributed by atoms with Gasteiger partial charge in [0.1, 0.15) is 0 Å². The normalized spacial score (nSPS) is 19.4. The molecular formula is C31H34O7. The highest BCUT2D eigenvalue weighted by atomic mass is 16.6. The van der Waals surface area contributed by atoms with E-state index in [-0.39, 0.29) is 19.6 Å². The number of ether oxygens (including phenoxy) is 4. The van der Waals surface area contributed by atoms with Crippen LogP contribution in [-0.4, -0.2) is 50.6 Å². The molecule has 38 heavy (non-hydrogen) atoms. The summed E-state index contributed by atoms with van der Waals surface area (Å²) in [5, 5.41) is 12.5. The van der Waals surface area contributed by atoms with Gasteiger partial charge in [0.15, 0.2) is 16.9 Å². The second-order valence-electron chi connectivity index (χ2n) is 9.29. The molecule has 3 aromatic rings. The van der Waals surface area contributed by atoms with Crippen LogP contribution in [0.15, 0.2) is 78.9 Å². The molecule has 1 fully saturated rings. The highest BCUT2D eigenvalue weighted by Gasteiger charge is 2.71. The first-order chi connectivity index (χ1) is 18.4. The van der Waals surface area contributed by atoms with Gasteiger partial charge in [-0.1, -0.05) is 66.7 Å². The third-order valence-corrected chi connectivity index (χ3v) is 7.57. The summed E-state index contributed by atoms with van der Waals surface area (Å²) in [6, 6.07) is 24.5. The monoisotopic (exact) mass is 518 g/mol. The Hall–Kier alpha value is -3.84. The van der Waals surface area contributed by atoms with Crippen LogP contribution >= 0.6 is 0 Å². The molecule has 0 amide bonds. The van der Waals surface area contributed by atoms with Gasteiger partial charge in [0.05, 0.1) is 39.0 Å². The molecule has 0 unspecified atom stereocenters. The highest BCUT2D eigenvalue weighted by molar-refractivity contribution is 6.02. The van der Waals surface area contributed by atoms with E-state index >= 15 is 0 Å². The molecule has 0 saturated heterocycles. The average molecular weight is 519 g/mol. The maximum absolute atomic E-state index is 13.7. The number of carbonyl (C=O) groups excluding carboxylic acids is 2. The van der Waals surface area contributed by atoms with Gasteiger partial charge in [0, 0.05) is 5.92 Å². The Morgan fingerprint density at radius 3 is 1.74 bits per heavy atom. The summed E-state index contributed by atoms with van der Waals surface area (Å²) in [4.78, 5) is 27.4. The van der Waals surface area contributed by atoms with Crippen LogP contribution in [-0.2, 0) is 24.5 Å². The van der Waals surface area contributed by atoms with Crippen LogP contribution in [0.5, 0.6) is 11.5 Å². The Morgan fingerprint density at radius 1 is 0.789 bits per heavy atom. The summed E-state index contributed by atoms with van der Waals surface area (Å²) in [6.45, 7) is 3.45. The van der Waals surface area contributed by atoms with E-state index in [0.717, 1.165) is 16.7 Å². The molecular weight excluding hydrogens is 484 g/mol.